The molecule has 1 heterocycles. The number of hydroxylamine groups is 2. The molecule has 0 saturated heterocycles. The number of urea groups is 1. The summed E-state index contributed by atoms with van der Waals surface area (Å²) in [5.74, 6) is -0.648. The van der Waals surface area contributed by atoms with E-state index in [-0.39, 0.29) is 5.06 Å². The lowest BCUT2D eigenvalue weighted by molar-refractivity contribution is -0.117. The maximum atomic E-state index is 10.2. The molecule has 0 aromatic rings. The summed E-state index contributed by atoms with van der Waals surface area (Å²) in [7, 11) is 0. The third kappa shape index (κ3) is 1.06. The van der Waals surface area contributed by atoms with E-state index in [1.165, 1.54) is 0 Å². The zero-order valence-electron chi connectivity index (χ0n) is 4.31. The van der Waals surface area contributed by atoms with Crippen LogP contribution in [0.2, 0.25) is 0 Å². The summed E-state index contributed by atoms with van der Waals surface area (Å²) < 4.78 is 0. The molecule has 1 aliphatic heterocycles. The summed E-state index contributed by atoms with van der Waals surface area (Å²) in [6, 6.07) is -0.956. The molecule has 0 saturated carbocycles. The molecule has 5 heteroatoms. The van der Waals surface area contributed by atoms with Gasteiger partial charge in [0.05, 0.1) is 0 Å². The highest BCUT2D eigenvalue weighted by atomic mass is 16.5. The van der Waals surface area contributed by atoms with Crippen LogP contribution in [-0.4, -0.2) is 22.2 Å². The van der Waals surface area contributed by atoms with Crippen LogP contribution in [-0.2, 0) is 4.79 Å². The second kappa shape index (κ2) is 1.87. The van der Waals surface area contributed by atoms with Gasteiger partial charge in [-0.25, -0.2) is 4.79 Å². The zero-order chi connectivity index (χ0) is 6.85. The van der Waals surface area contributed by atoms with E-state index in [1.54, 1.807) is 0 Å². The van der Waals surface area contributed by atoms with Gasteiger partial charge in [-0.1, -0.05) is 0 Å². The van der Waals surface area contributed by atoms with Crippen LogP contribution < -0.4 is 5.32 Å². The lowest BCUT2D eigenvalue weighted by atomic mass is 10.5. The summed E-state index contributed by atoms with van der Waals surface area (Å²) in [5.41, 5.74) is 0. The summed E-state index contributed by atoms with van der Waals surface area (Å²) in [5, 5.41) is 11.6. The van der Waals surface area contributed by atoms with Gasteiger partial charge >= 0.3 is 6.03 Å². The smallest absolute Gasteiger partial charge is 0.280 e. The lowest BCUT2D eigenvalue weighted by Crippen LogP contribution is -2.35. The number of hydrogen-bond acceptors (Lipinski definition) is 3. The fraction of sp³-hybridized carbons (Fsp3) is 0. The van der Waals surface area contributed by atoms with E-state index in [4.69, 9.17) is 5.21 Å². The molecule has 3 amide bonds. The Bertz CT molecular complexity index is 186. The standard InChI is InChI=1S/C4H3N2O3/c7-3-1-2-6(9)4(8)5-3/h1-2,9H. The molecule has 0 aromatic heterocycles. The fourth-order valence-corrected chi connectivity index (χ4v) is 0.381. The molecule has 0 atom stereocenters. The predicted octanol–water partition coefficient (Wildman–Crippen LogP) is -0.544. The molecule has 0 fully saturated rings. The van der Waals surface area contributed by atoms with Crippen LogP contribution in [0.5, 0.6) is 0 Å². The van der Waals surface area contributed by atoms with E-state index in [2.05, 4.69) is 5.32 Å². The van der Waals surface area contributed by atoms with Crippen molar-refractivity contribution in [3.8, 4) is 0 Å². The highest BCUT2D eigenvalue weighted by Crippen LogP contribution is 1.93. The van der Waals surface area contributed by atoms with Gasteiger partial charge in [0.1, 0.15) is 0 Å². The van der Waals surface area contributed by atoms with Gasteiger partial charge in [0.15, 0.2) is 0 Å². The number of nitrogens with zero attached hydrogens (tertiary/aromatic N) is 2. The van der Waals surface area contributed by atoms with Crippen molar-refractivity contribution in [3.05, 3.63) is 12.3 Å². The molecule has 1 radical (unpaired) electrons. The highest BCUT2D eigenvalue weighted by molar-refractivity contribution is 6.02. The molecule has 0 aromatic carbocycles. The summed E-state index contributed by atoms with van der Waals surface area (Å²) in [4.78, 5) is 20.4. The Morgan fingerprint density at radius 1 is 1.56 bits per heavy atom. The van der Waals surface area contributed by atoms with Crippen LogP contribution in [0.3, 0.4) is 0 Å². The maximum Gasteiger partial charge on any atom is 0.374 e. The maximum absolute atomic E-state index is 10.2. The van der Waals surface area contributed by atoms with E-state index in [0.29, 0.717) is 0 Å². The number of imide groups is 1. The van der Waals surface area contributed by atoms with Crippen LogP contribution in [0.25, 0.3) is 0 Å². The van der Waals surface area contributed by atoms with Crippen LogP contribution in [0.1, 0.15) is 0 Å². The van der Waals surface area contributed by atoms with Crippen LogP contribution in [0.4, 0.5) is 4.79 Å². The summed E-state index contributed by atoms with van der Waals surface area (Å²) in [6.45, 7) is 0. The van der Waals surface area contributed by atoms with E-state index >= 15 is 0 Å². The first-order valence-corrected chi connectivity index (χ1v) is 2.16. The topological polar surface area (TPSA) is 71.7 Å². The Labute approximate surface area is 50.5 Å². The largest absolute Gasteiger partial charge is 0.374 e. The molecule has 1 rings (SSSR count). The van der Waals surface area contributed by atoms with Gasteiger partial charge in [0, 0.05) is 12.3 Å². The number of carbonyl (C=O) groups is 2. The Kier molecular flexibility index (Phi) is 1.20. The minimum absolute atomic E-state index is 0.237. The normalized spacial score (nSPS) is 18.1. The molecule has 9 heavy (non-hydrogen) atoms. The van der Waals surface area contributed by atoms with Crippen molar-refractivity contribution in [1.29, 1.82) is 0 Å². The highest BCUT2D eigenvalue weighted by Gasteiger charge is 2.17. The zero-order valence-corrected chi connectivity index (χ0v) is 4.31. The first-order valence-electron chi connectivity index (χ1n) is 2.16. The fourth-order valence-electron chi connectivity index (χ4n) is 0.381. The van der Waals surface area contributed by atoms with Crippen LogP contribution in [0.15, 0.2) is 12.3 Å². The van der Waals surface area contributed by atoms with E-state index in [0.717, 1.165) is 12.3 Å². The van der Waals surface area contributed by atoms with Crippen molar-refractivity contribution in [1.82, 2.24) is 10.4 Å². The van der Waals surface area contributed by atoms with Crippen molar-refractivity contribution < 1.29 is 14.8 Å². The van der Waals surface area contributed by atoms with Gasteiger partial charge in [-0.3, -0.25) is 10.0 Å². The number of hydrogen-bond donors (Lipinski definition) is 1. The van der Waals surface area contributed by atoms with Crippen molar-refractivity contribution in [3.63, 3.8) is 0 Å². The molecule has 0 spiro atoms. The van der Waals surface area contributed by atoms with Gasteiger partial charge in [-0.15, -0.1) is 0 Å². The van der Waals surface area contributed by atoms with Gasteiger partial charge in [-0.05, 0) is 0 Å². The quantitative estimate of drug-likeness (QED) is 0.444. The Balaban J connectivity index is 2.76. The van der Waals surface area contributed by atoms with Gasteiger partial charge in [-0.2, -0.15) is 10.4 Å². The Hall–Kier alpha value is -1.36. The molecular weight excluding hydrogens is 124 g/mol. The van der Waals surface area contributed by atoms with Gasteiger partial charge in [0.2, 0.25) is 0 Å². The van der Waals surface area contributed by atoms with Gasteiger partial charge < -0.3 is 0 Å². The monoisotopic (exact) mass is 127 g/mol. The number of carbonyl (C=O) groups excluding carboxylic acids is 2. The molecule has 5 nitrogen and oxygen atoms in total. The van der Waals surface area contributed by atoms with E-state index in [9.17, 15) is 9.59 Å². The summed E-state index contributed by atoms with van der Waals surface area (Å²) in [6.07, 6.45) is 1.93. The minimum atomic E-state index is -0.956. The van der Waals surface area contributed by atoms with Crippen LogP contribution in [0, 0.1) is 0 Å². The predicted molar refractivity (Wildman–Crippen MR) is 25.3 cm³/mol. The molecule has 0 bridgehead atoms. The SMILES string of the molecule is O=C1C=CN(O)C(=O)[N]1. The first kappa shape index (κ1) is 5.77. The molecule has 1 N–H and O–H groups in total. The van der Waals surface area contributed by atoms with Crippen molar-refractivity contribution in [2.75, 3.05) is 0 Å². The summed E-state index contributed by atoms with van der Waals surface area (Å²) >= 11 is 0. The average Bonchev–Trinajstić information content (AvgIpc) is 1.80. The molecule has 1 aliphatic rings. The molecule has 0 aliphatic carbocycles. The number of rotatable bonds is 0. The third-order valence-electron chi connectivity index (χ3n) is 0.760. The molecule has 47 valence electrons. The molecular formula is C4H3N2O3. The van der Waals surface area contributed by atoms with Crippen molar-refractivity contribution in [2.45, 2.75) is 0 Å². The van der Waals surface area contributed by atoms with E-state index in [1.807, 2.05) is 0 Å². The van der Waals surface area contributed by atoms with E-state index < -0.39 is 11.9 Å². The lowest BCUT2D eigenvalue weighted by Gasteiger charge is -2.10. The van der Waals surface area contributed by atoms with Crippen molar-refractivity contribution >= 4 is 11.9 Å². The van der Waals surface area contributed by atoms with Gasteiger partial charge in [0.25, 0.3) is 5.91 Å². The van der Waals surface area contributed by atoms with Crippen molar-refractivity contribution in [2.24, 2.45) is 0 Å². The third-order valence-corrected chi connectivity index (χ3v) is 0.760. The first-order chi connectivity index (χ1) is 4.20. The Morgan fingerprint density at radius 3 is 2.67 bits per heavy atom. The molecule has 0 unspecified atom stereocenters. The average molecular weight is 127 g/mol. The number of amides is 3. The minimum Gasteiger partial charge on any atom is -0.280 e. The second-order valence-electron chi connectivity index (χ2n) is 1.39. The second-order valence-corrected chi connectivity index (χ2v) is 1.39. The van der Waals surface area contributed by atoms with Crippen LogP contribution >= 0.6 is 0 Å². The Morgan fingerprint density at radius 2 is 2.22 bits per heavy atom.